The zero-order chi connectivity index (χ0) is 11.8. The fraction of sp³-hybridized carbons (Fsp3) is 0.455. The zero-order valence-electron chi connectivity index (χ0n) is 8.83. The van der Waals surface area contributed by atoms with Crippen molar-refractivity contribution in [1.82, 2.24) is 0 Å². The van der Waals surface area contributed by atoms with E-state index in [0.29, 0.717) is 10.5 Å². The highest BCUT2D eigenvalue weighted by atomic mass is 32.2. The molecule has 0 radical (unpaired) electrons. The lowest BCUT2D eigenvalue weighted by molar-refractivity contribution is 0.186. The fourth-order valence-corrected chi connectivity index (χ4v) is 3.32. The van der Waals surface area contributed by atoms with Crippen molar-refractivity contribution >= 4 is 9.84 Å². The molecular weight excluding hydrogens is 226 g/mol. The van der Waals surface area contributed by atoms with E-state index >= 15 is 0 Å². The van der Waals surface area contributed by atoms with Crippen LogP contribution in [-0.2, 0) is 9.84 Å². The summed E-state index contributed by atoms with van der Waals surface area (Å²) < 4.78 is 23.9. The molecule has 4 nitrogen and oxygen atoms in total. The highest BCUT2D eigenvalue weighted by Crippen LogP contribution is 2.34. The number of hydrogen-bond acceptors (Lipinski definition) is 4. The normalized spacial score (nSPS) is 18.4. The number of aliphatic hydroxyl groups excluding tert-OH is 1. The predicted molar refractivity (Wildman–Crippen MR) is 60.7 cm³/mol. The molecule has 2 rings (SSSR count). The van der Waals surface area contributed by atoms with Gasteiger partial charge < -0.3 is 10.8 Å². The second kappa shape index (κ2) is 4.16. The molecule has 1 saturated carbocycles. The highest BCUT2D eigenvalue weighted by molar-refractivity contribution is 7.92. The molecule has 0 aliphatic heterocycles. The number of rotatable bonds is 4. The van der Waals surface area contributed by atoms with Crippen molar-refractivity contribution in [2.24, 2.45) is 5.73 Å². The first kappa shape index (κ1) is 11.6. The van der Waals surface area contributed by atoms with Gasteiger partial charge in [-0.15, -0.1) is 0 Å². The first-order valence-corrected chi connectivity index (χ1v) is 6.82. The lowest BCUT2D eigenvalue weighted by Gasteiger charge is -2.10. The Labute approximate surface area is 95.0 Å². The maximum Gasteiger partial charge on any atom is 0.181 e. The Balaban J connectivity index is 2.35. The Morgan fingerprint density at radius 2 is 2.12 bits per heavy atom. The zero-order valence-corrected chi connectivity index (χ0v) is 9.65. The molecule has 1 fully saturated rings. The van der Waals surface area contributed by atoms with Gasteiger partial charge in [0.2, 0.25) is 0 Å². The Morgan fingerprint density at radius 3 is 2.69 bits per heavy atom. The molecule has 1 unspecified atom stereocenters. The van der Waals surface area contributed by atoms with E-state index in [4.69, 9.17) is 5.73 Å². The molecule has 5 heteroatoms. The van der Waals surface area contributed by atoms with Crippen LogP contribution in [0.3, 0.4) is 0 Å². The summed E-state index contributed by atoms with van der Waals surface area (Å²) in [7, 11) is -3.18. The minimum Gasteiger partial charge on any atom is -0.387 e. The van der Waals surface area contributed by atoms with E-state index in [1.165, 1.54) is 6.07 Å². The molecule has 88 valence electrons. The van der Waals surface area contributed by atoms with E-state index in [-0.39, 0.29) is 11.8 Å². The number of hydrogen-bond donors (Lipinski definition) is 2. The third kappa shape index (κ3) is 2.11. The van der Waals surface area contributed by atoms with Gasteiger partial charge in [0.05, 0.1) is 16.2 Å². The third-order valence-corrected chi connectivity index (χ3v) is 5.02. The van der Waals surface area contributed by atoms with E-state index in [9.17, 15) is 13.5 Å². The minimum atomic E-state index is -3.18. The van der Waals surface area contributed by atoms with E-state index in [1.807, 2.05) is 0 Å². The molecule has 1 aliphatic rings. The Kier molecular flexibility index (Phi) is 3.01. The smallest absolute Gasteiger partial charge is 0.181 e. The van der Waals surface area contributed by atoms with Crippen molar-refractivity contribution in [3.8, 4) is 0 Å². The Hall–Kier alpha value is -0.910. The lowest BCUT2D eigenvalue weighted by Crippen LogP contribution is -2.13. The van der Waals surface area contributed by atoms with Crippen molar-refractivity contribution in [3.05, 3.63) is 29.8 Å². The first-order chi connectivity index (χ1) is 7.55. The molecular formula is C11H15NO3S. The summed E-state index contributed by atoms with van der Waals surface area (Å²) in [6, 6.07) is 6.42. The third-order valence-electron chi connectivity index (χ3n) is 2.76. The molecule has 0 saturated heterocycles. The highest BCUT2D eigenvalue weighted by Gasteiger charge is 2.36. The summed E-state index contributed by atoms with van der Waals surface area (Å²) in [6.45, 7) is 0.0902. The molecule has 1 aromatic rings. The van der Waals surface area contributed by atoms with Gasteiger partial charge in [0.1, 0.15) is 0 Å². The Morgan fingerprint density at radius 1 is 1.44 bits per heavy atom. The molecule has 1 aliphatic carbocycles. The van der Waals surface area contributed by atoms with Gasteiger partial charge in [0.25, 0.3) is 0 Å². The molecule has 0 aromatic heterocycles. The van der Waals surface area contributed by atoms with Gasteiger partial charge in [0.15, 0.2) is 9.84 Å². The predicted octanol–water partition coefficient (Wildman–Crippen LogP) is 0.615. The topological polar surface area (TPSA) is 80.4 Å². The van der Waals surface area contributed by atoms with E-state index in [1.54, 1.807) is 18.2 Å². The van der Waals surface area contributed by atoms with Gasteiger partial charge >= 0.3 is 0 Å². The van der Waals surface area contributed by atoms with Crippen LogP contribution in [0.25, 0.3) is 0 Å². The van der Waals surface area contributed by atoms with Gasteiger partial charge in [-0.05, 0) is 30.5 Å². The van der Waals surface area contributed by atoms with Gasteiger partial charge in [-0.2, -0.15) is 0 Å². The minimum absolute atomic E-state index is 0.0902. The van der Waals surface area contributed by atoms with Crippen LogP contribution in [0.2, 0.25) is 0 Å². The Bertz CT molecular complexity index is 480. The molecule has 0 heterocycles. The fourth-order valence-electron chi connectivity index (χ4n) is 1.61. The van der Waals surface area contributed by atoms with Crippen molar-refractivity contribution in [2.45, 2.75) is 29.1 Å². The van der Waals surface area contributed by atoms with Gasteiger partial charge in [-0.1, -0.05) is 12.1 Å². The molecule has 16 heavy (non-hydrogen) atoms. The SMILES string of the molecule is NCC(O)c1cccc(S(=O)(=O)C2CC2)c1. The van der Waals surface area contributed by atoms with Gasteiger partial charge in [0, 0.05) is 6.54 Å². The van der Waals surface area contributed by atoms with Crippen LogP contribution < -0.4 is 5.73 Å². The largest absolute Gasteiger partial charge is 0.387 e. The first-order valence-electron chi connectivity index (χ1n) is 5.27. The van der Waals surface area contributed by atoms with Crippen molar-refractivity contribution in [1.29, 1.82) is 0 Å². The summed E-state index contributed by atoms with van der Waals surface area (Å²) in [5.74, 6) is 0. The van der Waals surface area contributed by atoms with Crippen LogP contribution >= 0.6 is 0 Å². The summed E-state index contributed by atoms with van der Waals surface area (Å²) in [5, 5.41) is 9.33. The summed E-state index contributed by atoms with van der Waals surface area (Å²) >= 11 is 0. The molecule has 0 bridgehead atoms. The van der Waals surface area contributed by atoms with Gasteiger partial charge in [-0.3, -0.25) is 0 Å². The molecule has 1 atom stereocenters. The number of benzene rings is 1. The van der Waals surface area contributed by atoms with E-state index in [2.05, 4.69) is 0 Å². The second-order valence-electron chi connectivity index (χ2n) is 4.07. The average molecular weight is 241 g/mol. The number of aliphatic hydroxyl groups is 1. The summed E-state index contributed by atoms with van der Waals surface area (Å²) in [5.41, 5.74) is 5.90. The van der Waals surface area contributed by atoms with Crippen LogP contribution in [0.4, 0.5) is 0 Å². The van der Waals surface area contributed by atoms with Gasteiger partial charge in [-0.25, -0.2) is 8.42 Å². The van der Waals surface area contributed by atoms with E-state index < -0.39 is 15.9 Å². The maximum absolute atomic E-state index is 11.9. The number of nitrogens with two attached hydrogens (primary N) is 1. The molecule has 1 aromatic carbocycles. The summed E-state index contributed by atoms with van der Waals surface area (Å²) in [4.78, 5) is 0.292. The molecule has 0 spiro atoms. The van der Waals surface area contributed by atoms with Crippen molar-refractivity contribution in [2.75, 3.05) is 6.54 Å². The van der Waals surface area contributed by atoms with Crippen LogP contribution in [0.15, 0.2) is 29.2 Å². The van der Waals surface area contributed by atoms with Crippen molar-refractivity contribution in [3.63, 3.8) is 0 Å². The average Bonchev–Trinajstić information content (AvgIpc) is 3.12. The lowest BCUT2D eigenvalue weighted by atomic mass is 10.1. The van der Waals surface area contributed by atoms with Crippen molar-refractivity contribution < 1.29 is 13.5 Å². The quantitative estimate of drug-likeness (QED) is 0.809. The van der Waals surface area contributed by atoms with Crippen LogP contribution in [0.5, 0.6) is 0 Å². The second-order valence-corrected chi connectivity index (χ2v) is 6.30. The number of sulfone groups is 1. The van der Waals surface area contributed by atoms with Crippen LogP contribution in [-0.4, -0.2) is 25.3 Å². The monoisotopic (exact) mass is 241 g/mol. The molecule has 3 N–H and O–H groups in total. The van der Waals surface area contributed by atoms with Crippen LogP contribution in [0, 0.1) is 0 Å². The van der Waals surface area contributed by atoms with Crippen LogP contribution in [0.1, 0.15) is 24.5 Å². The standard InChI is InChI=1S/C11H15NO3S/c12-7-11(13)8-2-1-3-10(6-8)16(14,15)9-4-5-9/h1-3,6,9,11,13H,4-5,7,12H2. The van der Waals surface area contributed by atoms with E-state index in [0.717, 1.165) is 12.8 Å². The molecule has 0 amide bonds. The maximum atomic E-state index is 11.9. The summed E-state index contributed by atoms with van der Waals surface area (Å²) in [6.07, 6.45) is 0.687.